The van der Waals surface area contributed by atoms with Crippen LogP contribution in [0.1, 0.15) is 18.4 Å². The average Bonchev–Trinajstić information content (AvgIpc) is 3.30. The van der Waals surface area contributed by atoms with Crippen molar-refractivity contribution in [1.82, 2.24) is 0 Å². The van der Waals surface area contributed by atoms with Crippen molar-refractivity contribution in [3.05, 3.63) is 29.1 Å². The summed E-state index contributed by atoms with van der Waals surface area (Å²) in [6, 6.07) is 7.65. The van der Waals surface area contributed by atoms with Crippen molar-refractivity contribution in [2.75, 3.05) is 26.1 Å². The Kier molecular flexibility index (Phi) is 5.22. The number of nitrogens with zero attached hydrogens (tertiary/aromatic N) is 1. The van der Waals surface area contributed by atoms with Crippen LogP contribution in [0.25, 0.3) is 11.1 Å². The number of rotatable bonds is 5. The standard InChI is InChI=1S/C18H18N2O4S/c1-22-14-6-5-11(8-16(14)23-2)13-10-25-18(12(13)9-19)20-17(21)15-4-3-7-24-15/h5-6,8,10,15H,3-4,7H2,1-2H3,(H,20,21)/t15-/m0/s1. The highest BCUT2D eigenvalue weighted by Gasteiger charge is 2.25. The van der Waals surface area contributed by atoms with Gasteiger partial charge in [0.15, 0.2) is 11.5 Å². The maximum atomic E-state index is 12.2. The summed E-state index contributed by atoms with van der Waals surface area (Å²) in [5.74, 6) is 1.00. The fourth-order valence-corrected chi connectivity index (χ4v) is 3.68. The number of hydrogen-bond donors (Lipinski definition) is 1. The normalized spacial score (nSPS) is 16.3. The molecule has 1 aliphatic rings. The van der Waals surface area contributed by atoms with E-state index in [0.29, 0.717) is 35.1 Å². The van der Waals surface area contributed by atoms with E-state index in [9.17, 15) is 10.1 Å². The number of hydrogen-bond acceptors (Lipinski definition) is 6. The van der Waals surface area contributed by atoms with Crippen molar-refractivity contribution in [3.63, 3.8) is 0 Å². The molecule has 0 radical (unpaired) electrons. The van der Waals surface area contributed by atoms with Gasteiger partial charge in [0.1, 0.15) is 17.2 Å². The zero-order chi connectivity index (χ0) is 17.8. The smallest absolute Gasteiger partial charge is 0.254 e. The summed E-state index contributed by atoms with van der Waals surface area (Å²) in [5.41, 5.74) is 2.00. The van der Waals surface area contributed by atoms with Crippen molar-refractivity contribution in [1.29, 1.82) is 5.26 Å². The summed E-state index contributed by atoms with van der Waals surface area (Å²) in [7, 11) is 3.13. The first-order valence-corrected chi connectivity index (χ1v) is 8.72. The largest absolute Gasteiger partial charge is 0.493 e. The zero-order valence-corrected chi connectivity index (χ0v) is 14.8. The first-order valence-electron chi connectivity index (χ1n) is 7.84. The summed E-state index contributed by atoms with van der Waals surface area (Å²) in [5, 5.41) is 14.8. The summed E-state index contributed by atoms with van der Waals surface area (Å²) in [6.45, 7) is 0.602. The fourth-order valence-electron chi connectivity index (χ4n) is 2.75. The van der Waals surface area contributed by atoms with Gasteiger partial charge in [0, 0.05) is 17.6 Å². The lowest BCUT2D eigenvalue weighted by molar-refractivity contribution is -0.124. The third-order valence-electron chi connectivity index (χ3n) is 4.06. The molecule has 3 rings (SSSR count). The molecule has 0 bridgehead atoms. The van der Waals surface area contributed by atoms with E-state index in [0.717, 1.165) is 17.5 Å². The van der Waals surface area contributed by atoms with Crippen LogP contribution in [0.3, 0.4) is 0 Å². The lowest BCUT2D eigenvalue weighted by Gasteiger charge is -2.10. The third-order valence-corrected chi connectivity index (χ3v) is 4.95. The van der Waals surface area contributed by atoms with Gasteiger partial charge in [-0.05, 0) is 30.5 Å². The maximum absolute atomic E-state index is 12.2. The van der Waals surface area contributed by atoms with E-state index in [4.69, 9.17) is 14.2 Å². The van der Waals surface area contributed by atoms with Crippen LogP contribution in [0.5, 0.6) is 11.5 Å². The van der Waals surface area contributed by atoms with Gasteiger partial charge < -0.3 is 19.5 Å². The Morgan fingerprint density at radius 1 is 1.36 bits per heavy atom. The van der Waals surface area contributed by atoms with Crippen LogP contribution in [0.4, 0.5) is 5.00 Å². The molecule has 0 aliphatic carbocycles. The number of nitriles is 1. The molecule has 1 aromatic heterocycles. The van der Waals surface area contributed by atoms with Crippen LogP contribution in [-0.4, -0.2) is 32.8 Å². The lowest BCUT2D eigenvalue weighted by Crippen LogP contribution is -2.26. The molecule has 1 fully saturated rings. The van der Waals surface area contributed by atoms with Gasteiger partial charge in [-0.15, -0.1) is 11.3 Å². The number of methoxy groups -OCH3 is 2. The second kappa shape index (κ2) is 7.55. The van der Waals surface area contributed by atoms with Gasteiger partial charge >= 0.3 is 0 Å². The molecule has 1 atom stereocenters. The van der Waals surface area contributed by atoms with Crippen LogP contribution in [-0.2, 0) is 9.53 Å². The first kappa shape index (κ1) is 17.3. The minimum atomic E-state index is -0.432. The third kappa shape index (κ3) is 3.45. The van der Waals surface area contributed by atoms with Crippen LogP contribution in [0.15, 0.2) is 23.6 Å². The topological polar surface area (TPSA) is 80.6 Å². The molecular weight excluding hydrogens is 340 g/mol. The van der Waals surface area contributed by atoms with E-state index in [1.54, 1.807) is 20.3 Å². The number of nitrogens with one attached hydrogen (secondary N) is 1. The molecule has 2 aromatic rings. The second-order valence-electron chi connectivity index (χ2n) is 5.53. The molecule has 1 N–H and O–H groups in total. The molecule has 1 amide bonds. The van der Waals surface area contributed by atoms with Crippen molar-refractivity contribution in [2.24, 2.45) is 0 Å². The minimum absolute atomic E-state index is 0.199. The molecule has 2 heterocycles. The van der Waals surface area contributed by atoms with E-state index in [1.165, 1.54) is 11.3 Å². The predicted octanol–water partition coefficient (Wildman–Crippen LogP) is 3.42. The van der Waals surface area contributed by atoms with E-state index in [-0.39, 0.29) is 5.91 Å². The number of amides is 1. The minimum Gasteiger partial charge on any atom is -0.493 e. The van der Waals surface area contributed by atoms with E-state index >= 15 is 0 Å². The first-order chi connectivity index (χ1) is 12.2. The molecule has 130 valence electrons. The fraction of sp³-hybridized carbons (Fsp3) is 0.333. The molecular formula is C18H18N2O4S. The number of carbonyl (C=O) groups excluding carboxylic acids is 1. The lowest BCUT2D eigenvalue weighted by atomic mass is 10.0. The van der Waals surface area contributed by atoms with Crippen LogP contribution >= 0.6 is 11.3 Å². The van der Waals surface area contributed by atoms with Gasteiger partial charge in [-0.25, -0.2) is 0 Å². The number of anilines is 1. The molecule has 7 heteroatoms. The molecule has 6 nitrogen and oxygen atoms in total. The Balaban J connectivity index is 1.89. The van der Waals surface area contributed by atoms with E-state index < -0.39 is 6.10 Å². The molecule has 25 heavy (non-hydrogen) atoms. The van der Waals surface area contributed by atoms with E-state index in [2.05, 4.69) is 11.4 Å². The molecule has 1 aromatic carbocycles. The zero-order valence-electron chi connectivity index (χ0n) is 14.0. The van der Waals surface area contributed by atoms with Gasteiger partial charge in [0.25, 0.3) is 5.91 Å². The highest BCUT2D eigenvalue weighted by Crippen LogP contribution is 2.39. The summed E-state index contributed by atoms with van der Waals surface area (Å²) < 4.78 is 15.9. The average molecular weight is 358 g/mol. The highest BCUT2D eigenvalue weighted by atomic mass is 32.1. The Morgan fingerprint density at radius 2 is 2.16 bits per heavy atom. The van der Waals surface area contributed by atoms with Gasteiger partial charge in [0.05, 0.1) is 19.8 Å². The Bertz CT molecular complexity index is 819. The van der Waals surface area contributed by atoms with Crippen LogP contribution in [0, 0.1) is 11.3 Å². The molecule has 1 saturated heterocycles. The van der Waals surface area contributed by atoms with Gasteiger partial charge in [-0.1, -0.05) is 6.07 Å². The number of ether oxygens (including phenoxy) is 3. The van der Waals surface area contributed by atoms with Crippen molar-refractivity contribution in [3.8, 4) is 28.7 Å². The molecule has 1 aliphatic heterocycles. The highest BCUT2D eigenvalue weighted by molar-refractivity contribution is 7.15. The van der Waals surface area contributed by atoms with Crippen molar-refractivity contribution < 1.29 is 19.0 Å². The second-order valence-corrected chi connectivity index (χ2v) is 6.41. The van der Waals surface area contributed by atoms with Gasteiger partial charge in [-0.3, -0.25) is 4.79 Å². The van der Waals surface area contributed by atoms with Gasteiger partial charge in [0.2, 0.25) is 0 Å². The molecule has 0 unspecified atom stereocenters. The Morgan fingerprint density at radius 3 is 2.80 bits per heavy atom. The predicted molar refractivity (Wildman–Crippen MR) is 95.2 cm³/mol. The monoisotopic (exact) mass is 358 g/mol. The Labute approximate surface area is 149 Å². The van der Waals surface area contributed by atoms with Crippen LogP contribution < -0.4 is 14.8 Å². The van der Waals surface area contributed by atoms with Gasteiger partial charge in [-0.2, -0.15) is 5.26 Å². The van der Waals surface area contributed by atoms with Crippen LogP contribution in [0.2, 0.25) is 0 Å². The van der Waals surface area contributed by atoms with Crippen molar-refractivity contribution >= 4 is 22.2 Å². The number of carbonyl (C=O) groups is 1. The summed E-state index contributed by atoms with van der Waals surface area (Å²) >= 11 is 1.32. The molecule has 0 saturated carbocycles. The summed E-state index contributed by atoms with van der Waals surface area (Å²) in [6.07, 6.45) is 1.16. The molecule has 0 spiro atoms. The van der Waals surface area contributed by atoms with Crippen molar-refractivity contribution in [2.45, 2.75) is 18.9 Å². The number of benzene rings is 1. The SMILES string of the molecule is COc1ccc(-c2csc(NC(=O)[C@@H]3CCCO3)c2C#N)cc1OC. The van der Waals surface area contributed by atoms with E-state index in [1.807, 2.05) is 17.5 Å². The number of thiophene rings is 1. The Hall–Kier alpha value is -2.56. The summed E-state index contributed by atoms with van der Waals surface area (Å²) in [4.78, 5) is 12.2. The maximum Gasteiger partial charge on any atom is 0.254 e. The quantitative estimate of drug-likeness (QED) is 0.886.